The normalized spacial score (nSPS) is 13.9. The largest absolute Gasteiger partial charge is 0.480 e. The zero-order valence-corrected chi connectivity index (χ0v) is 13.1. The van der Waals surface area contributed by atoms with Crippen molar-refractivity contribution in [2.24, 2.45) is 14.1 Å². The van der Waals surface area contributed by atoms with Crippen molar-refractivity contribution in [3.8, 4) is 0 Å². The summed E-state index contributed by atoms with van der Waals surface area (Å²) in [5.74, 6) is -1.54. The Morgan fingerprint density at radius 2 is 1.96 bits per heavy atom. The lowest BCUT2D eigenvalue weighted by Gasteiger charge is -2.15. The van der Waals surface area contributed by atoms with Gasteiger partial charge in [-0.15, -0.1) is 0 Å². The van der Waals surface area contributed by atoms with Gasteiger partial charge in [0.25, 0.3) is 10.0 Å². The lowest BCUT2D eigenvalue weighted by atomic mass is 10.2. The fourth-order valence-corrected chi connectivity index (χ4v) is 3.27. The van der Waals surface area contributed by atoms with Crippen molar-refractivity contribution in [3.05, 3.63) is 29.7 Å². The molecule has 0 aliphatic heterocycles. The minimum atomic E-state index is -4.83. The summed E-state index contributed by atoms with van der Waals surface area (Å²) in [6.45, 7) is 0. The first-order valence-corrected chi connectivity index (χ1v) is 7.76. The van der Waals surface area contributed by atoms with Crippen molar-refractivity contribution in [2.75, 3.05) is 0 Å². The Labute approximate surface area is 133 Å². The van der Waals surface area contributed by atoms with Crippen molar-refractivity contribution in [1.29, 1.82) is 0 Å². The molecule has 13 heteroatoms. The Bertz CT molecular complexity index is 871. The highest BCUT2D eigenvalue weighted by Gasteiger charge is 2.38. The van der Waals surface area contributed by atoms with Crippen LogP contribution in [0.25, 0.3) is 0 Å². The average Bonchev–Trinajstić information content (AvgIpc) is 3.01. The van der Waals surface area contributed by atoms with E-state index in [0.29, 0.717) is 10.7 Å². The summed E-state index contributed by atoms with van der Waals surface area (Å²) in [5.41, 5.74) is -1.40. The van der Waals surface area contributed by atoms with Crippen molar-refractivity contribution >= 4 is 16.0 Å². The number of sulfonamides is 1. The van der Waals surface area contributed by atoms with E-state index in [0.717, 1.165) is 11.7 Å². The highest BCUT2D eigenvalue weighted by atomic mass is 32.2. The van der Waals surface area contributed by atoms with Crippen LogP contribution in [0.3, 0.4) is 0 Å². The molecule has 9 nitrogen and oxygen atoms in total. The molecule has 2 N–H and O–H groups in total. The number of alkyl halides is 3. The van der Waals surface area contributed by atoms with Gasteiger partial charge in [-0.2, -0.15) is 28.1 Å². The smallest absolute Gasteiger partial charge is 0.435 e. The van der Waals surface area contributed by atoms with E-state index in [2.05, 4.69) is 10.2 Å². The maximum absolute atomic E-state index is 12.6. The second-order valence-electron chi connectivity index (χ2n) is 4.76. The van der Waals surface area contributed by atoms with Crippen LogP contribution in [0.2, 0.25) is 0 Å². The number of rotatable bonds is 5. The van der Waals surface area contributed by atoms with Crippen LogP contribution in [0.1, 0.15) is 17.4 Å². The Morgan fingerprint density at radius 3 is 2.38 bits per heavy atom. The van der Waals surface area contributed by atoms with E-state index in [9.17, 15) is 31.5 Å². The summed E-state index contributed by atoms with van der Waals surface area (Å²) in [4.78, 5) is 11.3. The number of nitrogens with one attached hydrogen (secondary N) is 1. The zero-order valence-electron chi connectivity index (χ0n) is 12.3. The molecule has 2 aromatic heterocycles. The minimum Gasteiger partial charge on any atom is -0.480 e. The van der Waals surface area contributed by atoms with E-state index in [1.807, 2.05) is 4.72 Å². The van der Waals surface area contributed by atoms with Gasteiger partial charge in [0.1, 0.15) is 0 Å². The molecule has 0 aromatic carbocycles. The first-order chi connectivity index (χ1) is 10.9. The van der Waals surface area contributed by atoms with Crippen molar-refractivity contribution in [2.45, 2.75) is 17.2 Å². The van der Waals surface area contributed by atoms with Crippen LogP contribution in [0.4, 0.5) is 13.2 Å². The molecule has 1 atom stereocenters. The molecule has 2 aromatic rings. The van der Waals surface area contributed by atoms with Crippen molar-refractivity contribution in [3.63, 3.8) is 0 Å². The molecule has 0 spiro atoms. The Hall–Kier alpha value is -2.41. The summed E-state index contributed by atoms with van der Waals surface area (Å²) in [5, 5.41) is 15.2. The van der Waals surface area contributed by atoms with Gasteiger partial charge >= 0.3 is 12.1 Å². The van der Waals surface area contributed by atoms with Gasteiger partial charge in [-0.1, -0.05) is 0 Å². The Morgan fingerprint density at radius 1 is 1.33 bits per heavy atom. The number of hydrogen-bond donors (Lipinski definition) is 2. The molecule has 0 amide bonds. The molecule has 0 saturated carbocycles. The molecule has 1 unspecified atom stereocenters. The minimum absolute atomic E-state index is 0.00397. The number of aromatic nitrogens is 4. The van der Waals surface area contributed by atoms with E-state index < -0.39 is 38.9 Å². The average molecular weight is 367 g/mol. The van der Waals surface area contributed by atoms with E-state index in [-0.39, 0.29) is 5.69 Å². The van der Waals surface area contributed by atoms with Crippen molar-refractivity contribution < 1.29 is 31.5 Å². The SMILES string of the molecule is Cn1nccc1C(NS(=O)(=O)c1cc(C(F)(F)F)nn1C)C(=O)O. The molecule has 2 rings (SSSR count). The monoisotopic (exact) mass is 367 g/mol. The van der Waals surface area contributed by atoms with Gasteiger partial charge in [0.15, 0.2) is 16.8 Å². The molecule has 0 aliphatic rings. The number of carboxylic acids is 1. The van der Waals surface area contributed by atoms with E-state index in [1.54, 1.807) is 0 Å². The number of carbonyl (C=O) groups is 1. The second-order valence-corrected chi connectivity index (χ2v) is 6.42. The maximum atomic E-state index is 12.6. The molecule has 0 fully saturated rings. The number of carboxylic acid groups (broad SMARTS) is 1. The summed E-state index contributed by atoms with van der Waals surface area (Å²) in [6.07, 6.45) is -3.58. The van der Waals surface area contributed by atoms with Crippen LogP contribution in [0.5, 0.6) is 0 Å². The predicted octanol–water partition coefficient (Wildman–Crippen LogP) is 0.277. The maximum Gasteiger partial charge on any atom is 0.435 e. The lowest BCUT2D eigenvalue weighted by Crippen LogP contribution is -2.35. The third-order valence-corrected chi connectivity index (χ3v) is 4.56. The van der Waals surface area contributed by atoms with Gasteiger partial charge < -0.3 is 5.11 Å². The first kappa shape index (κ1) is 17.9. The number of aryl methyl sites for hydroxylation is 2. The molecule has 24 heavy (non-hydrogen) atoms. The molecule has 0 bridgehead atoms. The summed E-state index contributed by atoms with van der Waals surface area (Å²) < 4.78 is 66.0. The lowest BCUT2D eigenvalue weighted by molar-refractivity contribution is -0.141. The zero-order chi connectivity index (χ0) is 18.3. The van der Waals surface area contributed by atoms with Gasteiger partial charge in [0.05, 0.1) is 5.69 Å². The fourth-order valence-electron chi connectivity index (χ4n) is 1.96. The Balaban J connectivity index is 2.42. The van der Waals surface area contributed by atoms with Crippen LogP contribution in [-0.4, -0.2) is 39.1 Å². The molecular formula is C11H12F3N5O4S. The molecular weight excluding hydrogens is 355 g/mol. The topological polar surface area (TPSA) is 119 Å². The van der Waals surface area contributed by atoms with Crippen LogP contribution in [0, 0.1) is 0 Å². The number of hydrogen-bond acceptors (Lipinski definition) is 5. The molecule has 0 radical (unpaired) electrons. The van der Waals surface area contributed by atoms with Crippen molar-refractivity contribution in [1.82, 2.24) is 24.3 Å². The standard InChI is InChI=1S/C11H12F3N5O4S/c1-18-6(3-4-15-18)9(10(20)21)17-24(22,23)8-5-7(11(12,13)14)16-19(8)2/h3-5,9,17H,1-2H3,(H,20,21). The number of nitrogens with zero attached hydrogens (tertiary/aromatic N) is 4. The van der Waals surface area contributed by atoms with Gasteiger partial charge in [-0.3, -0.25) is 14.2 Å². The third-order valence-electron chi connectivity index (χ3n) is 3.08. The van der Waals surface area contributed by atoms with Crippen LogP contribution < -0.4 is 4.72 Å². The summed E-state index contributed by atoms with van der Waals surface area (Å²) in [6, 6.07) is -0.136. The predicted molar refractivity (Wildman–Crippen MR) is 72.1 cm³/mol. The highest BCUT2D eigenvalue weighted by molar-refractivity contribution is 7.89. The highest BCUT2D eigenvalue weighted by Crippen LogP contribution is 2.29. The van der Waals surface area contributed by atoms with Gasteiger partial charge in [0, 0.05) is 26.4 Å². The van der Waals surface area contributed by atoms with Crippen LogP contribution in [-0.2, 0) is 35.1 Å². The first-order valence-electron chi connectivity index (χ1n) is 6.28. The molecule has 0 aliphatic carbocycles. The van der Waals surface area contributed by atoms with Crippen LogP contribution in [0.15, 0.2) is 23.4 Å². The van der Waals surface area contributed by atoms with E-state index in [4.69, 9.17) is 0 Å². The summed E-state index contributed by atoms with van der Waals surface area (Å²) in [7, 11) is -2.19. The van der Waals surface area contributed by atoms with E-state index >= 15 is 0 Å². The number of halogens is 3. The molecule has 2 heterocycles. The second kappa shape index (κ2) is 5.90. The quantitative estimate of drug-likeness (QED) is 0.783. The van der Waals surface area contributed by atoms with Gasteiger partial charge in [-0.05, 0) is 6.07 Å². The van der Waals surface area contributed by atoms with Crippen LogP contribution >= 0.6 is 0 Å². The summed E-state index contributed by atoms with van der Waals surface area (Å²) >= 11 is 0. The fraction of sp³-hybridized carbons (Fsp3) is 0.364. The molecule has 132 valence electrons. The Kier molecular flexibility index (Phi) is 4.41. The number of aliphatic carboxylic acids is 1. The van der Waals surface area contributed by atoms with E-state index in [1.165, 1.54) is 19.3 Å². The molecule has 0 saturated heterocycles. The van der Waals surface area contributed by atoms with Gasteiger partial charge in [0.2, 0.25) is 0 Å². The third kappa shape index (κ3) is 3.41. The van der Waals surface area contributed by atoms with Gasteiger partial charge in [-0.25, -0.2) is 8.42 Å².